The van der Waals surface area contributed by atoms with Crippen LogP contribution in [0.4, 0.5) is 5.69 Å². The van der Waals surface area contributed by atoms with E-state index in [2.05, 4.69) is 0 Å². The number of carbonyl (C=O) groups is 1. The van der Waals surface area contributed by atoms with Gasteiger partial charge in [0, 0.05) is 48.4 Å². The Morgan fingerprint density at radius 3 is 2.54 bits per heavy atom. The molecular weight excluding hydrogens is 474 g/mol. The van der Waals surface area contributed by atoms with Gasteiger partial charge in [0.15, 0.2) is 11.0 Å². The van der Waals surface area contributed by atoms with Crippen molar-refractivity contribution in [2.45, 2.75) is 25.8 Å². The number of piperidine rings is 1. The lowest BCUT2D eigenvalue weighted by molar-refractivity contribution is -0.386. The summed E-state index contributed by atoms with van der Waals surface area (Å²) in [5.74, 6) is 0.0564. The van der Waals surface area contributed by atoms with Crippen molar-refractivity contribution in [3.8, 4) is 11.3 Å². The first-order valence-corrected chi connectivity index (χ1v) is 12.1. The van der Waals surface area contributed by atoms with Crippen LogP contribution in [0.15, 0.2) is 74.7 Å². The highest BCUT2D eigenvalue weighted by molar-refractivity contribution is 6.05. The first-order valence-electron chi connectivity index (χ1n) is 12.1. The van der Waals surface area contributed by atoms with Crippen LogP contribution in [-0.2, 0) is 6.54 Å². The molecule has 186 valence electrons. The minimum absolute atomic E-state index is 0.0148. The fourth-order valence-electron chi connectivity index (χ4n) is 5.75. The second-order valence-electron chi connectivity index (χ2n) is 9.76. The van der Waals surface area contributed by atoms with E-state index >= 15 is 0 Å². The summed E-state index contributed by atoms with van der Waals surface area (Å²) in [4.78, 5) is 52.0. The molecule has 2 aliphatic heterocycles. The lowest BCUT2D eigenvalue weighted by Crippen LogP contribution is -2.49. The van der Waals surface area contributed by atoms with E-state index in [9.17, 15) is 24.5 Å². The van der Waals surface area contributed by atoms with Crippen molar-refractivity contribution in [2.24, 2.45) is 5.92 Å². The summed E-state index contributed by atoms with van der Waals surface area (Å²) in [6.07, 6.45) is 0.795. The Bertz CT molecular complexity index is 1710. The zero-order valence-electron chi connectivity index (χ0n) is 20.0. The maximum absolute atomic E-state index is 13.8. The first-order chi connectivity index (χ1) is 17.8. The van der Waals surface area contributed by atoms with Gasteiger partial charge in [-0.3, -0.25) is 24.5 Å². The van der Waals surface area contributed by atoms with Gasteiger partial charge in [-0.15, -0.1) is 0 Å². The molecule has 2 atom stereocenters. The lowest BCUT2D eigenvalue weighted by Gasteiger charge is -2.42. The van der Waals surface area contributed by atoms with Crippen LogP contribution in [-0.4, -0.2) is 33.4 Å². The summed E-state index contributed by atoms with van der Waals surface area (Å²) < 4.78 is 7.74. The number of hydrogen-bond acceptors (Lipinski definition) is 6. The van der Waals surface area contributed by atoms with E-state index < -0.39 is 16.2 Å². The van der Waals surface area contributed by atoms with Crippen molar-refractivity contribution in [1.29, 1.82) is 0 Å². The van der Waals surface area contributed by atoms with Crippen LogP contribution in [0.5, 0.6) is 0 Å². The Labute approximate surface area is 210 Å². The second-order valence-corrected chi connectivity index (χ2v) is 9.76. The molecular formula is C28H23N3O6. The van der Waals surface area contributed by atoms with E-state index in [0.29, 0.717) is 47.6 Å². The molecule has 2 aromatic heterocycles. The van der Waals surface area contributed by atoms with Crippen LogP contribution in [0.1, 0.15) is 34.0 Å². The third-order valence-electron chi connectivity index (χ3n) is 7.48. The maximum atomic E-state index is 13.8. The number of likely N-dealkylation sites (tertiary alicyclic amines) is 1. The number of benzene rings is 2. The van der Waals surface area contributed by atoms with E-state index in [1.54, 1.807) is 36.1 Å². The minimum atomic E-state index is -0.657. The fraction of sp³-hybridized carbons (Fsp3) is 0.250. The number of para-hydroxylation sites is 1. The molecule has 2 aromatic carbocycles. The normalized spacial score (nSPS) is 18.5. The van der Waals surface area contributed by atoms with Crippen LogP contribution in [0.2, 0.25) is 0 Å². The molecule has 1 fully saturated rings. The topological polar surface area (TPSA) is 116 Å². The number of rotatable bonds is 3. The highest BCUT2D eigenvalue weighted by atomic mass is 16.6. The Morgan fingerprint density at radius 1 is 1.00 bits per heavy atom. The van der Waals surface area contributed by atoms with Gasteiger partial charge in [-0.2, -0.15) is 0 Å². The number of aromatic nitrogens is 1. The van der Waals surface area contributed by atoms with Crippen LogP contribution < -0.4 is 11.0 Å². The molecule has 0 saturated carbocycles. The Morgan fingerprint density at radius 2 is 1.78 bits per heavy atom. The summed E-state index contributed by atoms with van der Waals surface area (Å²) in [6.45, 7) is 2.81. The van der Waals surface area contributed by atoms with Gasteiger partial charge in [-0.05, 0) is 37.5 Å². The lowest BCUT2D eigenvalue weighted by atomic mass is 9.83. The standard InChI is InChI=1S/C28H23N3O6/c1-16-24(32)20-8-5-9-21(26(20)37-25(16)18-6-3-2-4-7-18)27(33)29-13-17-12-19(15-29)22-10-11-23(31(35)36)28(34)30(22)14-17/h2-11,17,19H,12-15H2,1H3/t17-,19+/m1/s1. The minimum Gasteiger partial charge on any atom is -0.455 e. The van der Waals surface area contributed by atoms with Crippen LogP contribution in [0.3, 0.4) is 0 Å². The molecule has 1 amide bonds. The molecule has 0 unspecified atom stereocenters. The van der Waals surface area contributed by atoms with E-state index in [4.69, 9.17) is 4.42 Å². The zero-order valence-corrected chi connectivity index (χ0v) is 20.0. The van der Waals surface area contributed by atoms with Gasteiger partial charge in [0.2, 0.25) is 0 Å². The van der Waals surface area contributed by atoms with Crippen molar-refractivity contribution < 1.29 is 14.1 Å². The van der Waals surface area contributed by atoms with Crippen LogP contribution in [0, 0.1) is 23.0 Å². The summed E-state index contributed by atoms with van der Waals surface area (Å²) in [5, 5.41) is 11.6. The number of nitrogens with zero attached hydrogens (tertiary/aromatic N) is 3. The molecule has 6 rings (SSSR count). The van der Waals surface area contributed by atoms with Gasteiger partial charge in [0.05, 0.1) is 15.9 Å². The number of hydrogen-bond donors (Lipinski definition) is 0. The van der Waals surface area contributed by atoms with Crippen molar-refractivity contribution in [2.75, 3.05) is 13.1 Å². The predicted molar refractivity (Wildman–Crippen MR) is 137 cm³/mol. The molecule has 37 heavy (non-hydrogen) atoms. The van der Waals surface area contributed by atoms with Gasteiger partial charge in [0.1, 0.15) is 5.76 Å². The molecule has 9 nitrogen and oxygen atoms in total. The maximum Gasteiger partial charge on any atom is 0.334 e. The van der Waals surface area contributed by atoms with Crippen molar-refractivity contribution in [1.82, 2.24) is 9.47 Å². The van der Waals surface area contributed by atoms with Crippen molar-refractivity contribution >= 4 is 22.6 Å². The van der Waals surface area contributed by atoms with E-state index in [1.165, 1.54) is 10.6 Å². The number of carbonyl (C=O) groups excluding carboxylic acids is 1. The molecule has 1 saturated heterocycles. The molecule has 2 aliphatic rings. The summed E-state index contributed by atoms with van der Waals surface area (Å²) in [6, 6.07) is 17.2. The summed E-state index contributed by atoms with van der Waals surface area (Å²) in [5.41, 5.74) is 1.29. The monoisotopic (exact) mass is 497 g/mol. The predicted octanol–water partition coefficient (Wildman–Crippen LogP) is 4.10. The molecule has 0 spiro atoms. The number of nitro groups is 1. The summed E-state index contributed by atoms with van der Waals surface area (Å²) >= 11 is 0. The van der Waals surface area contributed by atoms with Crippen LogP contribution in [0.25, 0.3) is 22.3 Å². The summed E-state index contributed by atoms with van der Waals surface area (Å²) in [7, 11) is 0. The van der Waals surface area contributed by atoms with E-state index in [1.807, 2.05) is 30.3 Å². The van der Waals surface area contributed by atoms with Crippen molar-refractivity contribution in [3.63, 3.8) is 0 Å². The third kappa shape index (κ3) is 3.66. The van der Waals surface area contributed by atoms with Crippen molar-refractivity contribution in [3.05, 3.63) is 108 Å². The first kappa shape index (κ1) is 22.9. The van der Waals surface area contributed by atoms with Gasteiger partial charge in [-0.25, -0.2) is 0 Å². The zero-order chi connectivity index (χ0) is 25.8. The molecule has 4 aromatic rings. The molecule has 0 radical (unpaired) electrons. The quantitative estimate of drug-likeness (QED) is 0.311. The number of fused-ring (bicyclic) bond motifs is 5. The largest absolute Gasteiger partial charge is 0.455 e. The Hall–Kier alpha value is -4.53. The molecule has 4 heterocycles. The second kappa shape index (κ2) is 8.55. The third-order valence-corrected chi connectivity index (χ3v) is 7.48. The number of pyridine rings is 1. The highest BCUT2D eigenvalue weighted by Gasteiger charge is 2.38. The molecule has 0 N–H and O–H groups in total. The fourth-order valence-corrected chi connectivity index (χ4v) is 5.75. The Kier molecular flexibility index (Phi) is 5.29. The van der Waals surface area contributed by atoms with E-state index in [-0.39, 0.29) is 28.8 Å². The van der Waals surface area contributed by atoms with Crippen LogP contribution >= 0.6 is 0 Å². The van der Waals surface area contributed by atoms with Gasteiger partial charge < -0.3 is 13.9 Å². The van der Waals surface area contributed by atoms with Gasteiger partial charge in [-0.1, -0.05) is 36.4 Å². The van der Waals surface area contributed by atoms with E-state index in [0.717, 1.165) is 12.0 Å². The molecule has 9 heteroatoms. The van der Waals surface area contributed by atoms with Gasteiger partial charge in [0.25, 0.3) is 5.91 Å². The molecule has 2 bridgehead atoms. The average molecular weight is 498 g/mol. The SMILES string of the molecule is Cc1c(-c2ccccc2)oc2c(C(=O)N3C[C@H]4C[C@@H](C3)c3ccc([N+](=O)[O-])c(=O)n3C4)cccc2c1=O. The molecule has 0 aliphatic carbocycles. The number of amides is 1. The smallest absolute Gasteiger partial charge is 0.334 e. The highest BCUT2D eigenvalue weighted by Crippen LogP contribution is 2.37. The Balaban J connectivity index is 1.40. The van der Waals surface area contributed by atoms with Gasteiger partial charge >= 0.3 is 11.2 Å². The average Bonchev–Trinajstić information content (AvgIpc) is 2.90.